The third-order valence-electron chi connectivity index (χ3n) is 3.42. The Labute approximate surface area is 137 Å². The Morgan fingerprint density at radius 3 is 2.73 bits per heavy atom. The Balaban J connectivity index is 2.18. The molecule has 0 unspecified atom stereocenters. The number of halogens is 1. The summed E-state index contributed by atoms with van der Waals surface area (Å²) in [6, 6.07) is 7.54. The van der Waals surface area contributed by atoms with Crippen molar-refractivity contribution in [2.75, 3.05) is 18.0 Å². The van der Waals surface area contributed by atoms with Crippen LogP contribution in [0.4, 0.5) is 5.82 Å². The molecule has 0 atom stereocenters. The van der Waals surface area contributed by atoms with Crippen molar-refractivity contribution in [3.05, 3.63) is 41.2 Å². The van der Waals surface area contributed by atoms with Gasteiger partial charge in [0.1, 0.15) is 17.9 Å². The molecule has 2 aromatic rings. The van der Waals surface area contributed by atoms with Crippen LogP contribution < -0.4 is 9.64 Å². The van der Waals surface area contributed by atoms with E-state index in [1.807, 2.05) is 31.2 Å². The highest BCUT2D eigenvalue weighted by Crippen LogP contribution is 2.30. The normalized spacial score (nSPS) is 10.5. The first-order valence-corrected chi connectivity index (χ1v) is 8.02. The van der Waals surface area contributed by atoms with Crippen molar-refractivity contribution in [3.8, 4) is 11.6 Å². The van der Waals surface area contributed by atoms with Crippen molar-refractivity contribution in [3.63, 3.8) is 0 Å². The summed E-state index contributed by atoms with van der Waals surface area (Å²) in [5, 5.41) is 0.573. The number of aromatic nitrogens is 2. The summed E-state index contributed by atoms with van der Waals surface area (Å²) in [6.45, 7) is 8.19. The molecule has 22 heavy (non-hydrogen) atoms. The number of unbranched alkanes of at least 4 members (excludes halogenated alkanes) is 1. The van der Waals surface area contributed by atoms with E-state index in [1.165, 1.54) is 6.33 Å². The fraction of sp³-hybridized carbons (Fsp3) is 0.412. The van der Waals surface area contributed by atoms with Gasteiger partial charge in [0.15, 0.2) is 0 Å². The van der Waals surface area contributed by atoms with Crippen molar-refractivity contribution < 1.29 is 4.74 Å². The van der Waals surface area contributed by atoms with Gasteiger partial charge in [-0.2, -0.15) is 0 Å². The van der Waals surface area contributed by atoms with Crippen LogP contribution in [-0.2, 0) is 0 Å². The largest absolute Gasteiger partial charge is 0.437 e. The predicted molar refractivity (Wildman–Crippen MR) is 91.1 cm³/mol. The molecule has 0 spiro atoms. The molecule has 118 valence electrons. The smallest absolute Gasteiger partial charge is 0.224 e. The van der Waals surface area contributed by atoms with Crippen LogP contribution >= 0.6 is 11.6 Å². The van der Waals surface area contributed by atoms with E-state index in [9.17, 15) is 0 Å². The molecule has 0 radical (unpaired) electrons. The molecular formula is C17H22ClN3O. The number of hydrogen-bond donors (Lipinski definition) is 0. The molecule has 0 N–H and O–H groups in total. The lowest BCUT2D eigenvalue weighted by atomic mass is 10.2. The van der Waals surface area contributed by atoms with Crippen molar-refractivity contribution >= 4 is 17.4 Å². The topological polar surface area (TPSA) is 38.2 Å². The molecule has 0 bridgehead atoms. The van der Waals surface area contributed by atoms with Gasteiger partial charge in [-0.25, -0.2) is 9.97 Å². The Morgan fingerprint density at radius 2 is 2.00 bits per heavy atom. The molecule has 1 aromatic heterocycles. The summed E-state index contributed by atoms with van der Waals surface area (Å²) < 4.78 is 5.82. The third kappa shape index (κ3) is 4.34. The minimum atomic E-state index is 0.507. The van der Waals surface area contributed by atoms with Gasteiger partial charge in [0, 0.05) is 19.2 Å². The second kappa shape index (κ2) is 7.99. The maximum absolute atomic E-state index is 6.17. The van der Waals surface area contributed by atoms with Crippen molar-refractivity contribution in [2.24, 2.45) is 0 Å². The van der Waals surface area contributed by atoms with Crippen molar-refractivity contribution in [2.45, 2.75) is 33.6 Å². The van der Waals surface area contributed by atoms with E-state index in [0.29, 0.717) is 16.7 Å². The Bertz CT molecular complexity index is 619. The highest BCUT2D eigenvalue weighted by atomic mass is 35.5. The first kappa shape index (κ1) is 16.6. The second-order valence-electron chi connectivity index (χ2n) is 5.18. The van der Waals surface area contributed by atoms with E-state index in [4.69, 9.17) is 16.3 Å². The summed E-state index contributed by atoms with van der Waals surface area (Å²) in [5.74, 6) is 2.00. The first-order chi connectivity index (χ1) is 10.6. The highest BCUT2D eigenvalue weighted by molar-refractivity contribution is 6.32. The maximum Gasteiger partial charge on any atom is 0.224 e. The van der Waals surface area contributed by atoms with Gasteiger partial charge in [0.2, 0.25) is 5.88 Å². The number of nitrogens with zero attached hydrogens (tertiary/aromatic N) is 3. The standard InChI is InChI=1S/C17H22ClN3O/c1-4-6-9-21(5-2)16-11-17(20-12-19-16)22-15-10-13(3)7-8-14(15)18/h7-8,10-12H,4-6,9H2,1-3H3. The average molecular weight is 320 g/mol. The summed E-state index contributed by atoms with van der Waals surface area (Å²) >= 11 is 6.17. The van der Waals surface area contributed by atoms with Crippen molar-refractivity contribution in [1.29, 1.82) is 0 Å². The molecule has 0 fully saturated rings. The number of hydrogen-bond acceptors (Lipinski definition) is 4. The molecule has 0 saturated carbocycles. The second-order valence-corrected chi connectivity index (χ2v) is 5.59. The van der Waals surface area contributed by atoms with Gasteiger partial charge in [0.25, 0.3) is 0 Å². The van der Waals surface area contributed by atoms with Crippen LogP contribution in [0, 0.1) is 6.92 Å². The van der Waals surface area contributed by atoms with Crippen LogP contribution in [0.2, 0.25) is 5.02 Å². The molecule has 0 aliphatic carbocycles. The van der Waals surface area contributed by atoms with Gasteiger partial charge >= 0.3 is 0 Å². The van der Waals surface area contributed by atoms with Gasteiger partial charge in [-0.3, -0.25) is 0 Å². The molecule has 0 saturated heterocycles. The van der Waals surface area contributed by atoms with Crippen LogP contribution in [0.3, 0.4) is 0 Å². The zero-order chi connectivity index (χ0) is 15.9. The SMILES string of the molecule is CCCCN(CC)c1cc(Oc2cc(C)ccc2Cl)ncn1. The van der Waals surface area contributed by atoms with Gasteiger partial charge in [-0.15, -0.1) is 0 Å². The van der Waals surface area contributed by atoms with Gasteiger partial charge in [-0.1, -0.05) is 31.0 Å². The Morgan fingerprint density at radius 1 is 1.18 bits per heavy atom. The molecule has 1 aromatic carbocycles. The zero-order valence-electron chi connectivity index (χ0n) is 13.3. The quantitative estimate of drug-likeness (QED) is 0.730. The summed E-state index contributed by atoms with van der Waals surface area (Å²) in [6.07, 6.45) is 3.82. The van der Waals surface area contributed by atoms with E-state index in [2.05, 4.69) is 28.7 Å². The van der Waals surface area contributed by atoms with Gasteiger partial charge < -0.3 is 9.64 Å². The molecule has 2 rings (SSSR count). The molecule has 4 nitrogen and oxygen atoms in total. The minimum absolute atomic E-state index is 0.507. The van der Waals surface area contributed by atoms with Gasteiger partial charge in [0.05, 0.1) is 5.02 Å². The molecule has 0 aliphatic heterocycles. The summed E-state index contributed by atoms with van der Waals surface area (Å²) in [4.78, 5) is 10.7. The first-order valence-electron chi connectivity index (χ1n) is 7.65. The van der Waals surface area contributed by atoms with E-state index in [-0.39, 0.29) is 0 Å². The van der Waals surface area contributed by atoms with E-state index >= 15 is 0 Å². The van der Waals surface area contributed by atoms with Crippen LogP contribution in [0.25, 0.3) is 0 Å². The number of anilines is 1. The predicted octanol–water partition coefficient (Wildman–Crippen LogP) is 4.86. The lowest BCUT2D eigenvalue weighted by molar-refractivity contribution is 0.461. The van der Waals surface area contributed by atoms with Gasteiger partial charge in [-0.05, 0) is 38.0 Å². The van der Waals surface area contributed by atoms with Crippen LogP contribution in [-0.4, -0.2) is 23.1 Å². The molecule has 5 heteroatoms. The van der Waals surface area contributed by atoms with Crippen LogP contribution in [0.15, 0.2) is 30.6 Å². The van der Waals surface area contributed by atoms with E-state index in [0.717, 1.165) is 37.3 Å². The van der Waals surface area contributed by atoms with Crippen molar-refractivity contribution in [1.82, 2.24) is 9.97 Å². The monoisotopic (exact) mass is 319 g/mol. The summed E-state index contributed by atoms with van der Waals surface area (Å²) in [7, 11) is 0. The fourth-order valence-electron chi connectivity index (χ4n) is 2.14. The average Bonchev–Trinajstić information content (AvgIpc) is 2.52. The highest BCUT2D eigenvalue weighted by Gasteiger charge is 2.09. The fourth-order valence-corrected chi connectivity index (χ4v) is 2.30. The van der Waals surface area contributed by atoms with E-state index in [1.54, 1.807) is 0 Å². The van der Waals surface area contributed by atoms with E-state index < -0.39 is 0 Å². The zero-order valence-corrected chi connectivity index (χ0v) is 14.1. The Hall–Kier alpha value is -1.81. The number of rotatable bonds is 7. The van der Waals surface area contributed by atoms with Crippen LogP contribution in [0.5, 0.6) is 11.6 Å². The minimum Gasteiger partial charge on any atom is -0.437 e. The maximum atomic E-state index is 6.17. The number of benzene rings is 1. The molecule has 0 amide bonds. The third-order valence-corrected chi connectivity index (χ3v) is 3.73. The Kier molecular flexibility index (Phi) is 6.01. The molecule has 0 aliphatic rings. The molecular weight excluding hydrogens is 298 g/mol. The summed E-state index contributed by atoms with van der Waals surface area (Å²) in [5.41, 5.74) is 1.09. The van der Waals surface area contributed by atoms with Crippen LogP contribution in [0.1, 0.15) is 32.3 Å². The number of aryl methyl sites for hydroxylation is 1. The molecule has 1 heterocycles. The lowest BCUT2D eigenvalue weighted by Gasteiger charge is -2.21. The lowest BCUT2D eigenvalue weighted by Crippen LogP contribution is -2.24. The number of ether oxygens (including phenoxy) is 1.